The Kier molecular flexibility index (Phi) is 6.01. The van der Waals surface area contributed by atoms with Gasteiger partial charge in [0.2, 0.25) is 10.9 Å². The van der Waals surface area contributed by atoms with Crippen molar-refractivity contribution in [3.8, 4) is 0 Å². The number of thioether (sulfide) groups is 1. The van der Waals surface area contributed by atoms with Crippen LogP contribution in [-0.4, -0.2) is 32.7 Å². The molecule has 0 radical (unpaired) electrons. The Hall–Kier alpha value is -2.91. The highest BCUT2D eigenvalue weighted by molar-refractivity contribution is 8.01. The van der Waals surface area contributed by atoms with E-state index in [1.54, 1.807) is 30.0 Å². The van der Waals surface area contributed by atoms with Gasteiger partial charge in [0.05, 0.1) is 17.9 Å². The van der Waals surface area contributed by atoms with Gasteiger partial charge in [-0.15, -0.1) is 10.2 Å². The van der Waals surface area contributed by atoms with E-state index in [0.29, 0.717) is 10.7 Å². The van der Waals surface area contributed by atoms with Gasteiger partial charge in [-0.25, -0.2) is 0 Å². The summed E-state index contributed by atoms with van der Waals surface area (Å²) >= 11 is 2.85. The fraction of sp³-hybridized carbons (Fsp3) is 0.238. The summed E-state index contributed by atoms with van der Waals surface area (Å²) in [5.74, 6) is -0.849. The van der Waals surface area contributed by atoms with E-state index < -0.39 is 23.5 Å². The van der Waals surface area contributed by atoms with Crippen molar-refractivity contribution in [3.05, 3.63) is 71.4 Å². The first kappa shape index (κ1) is 20.4. The van der Waals surface area contributed by atoms with Crippen molar-refractivity contribution in [2.24, 2.45) is 0 Å². The van der Waals surface area contributed by atoms with Crippen LogP contribution in [0.2, 0.25) is 0 Å². The monoisotopic (exact) mass is 441 g/mol. The molecular formula is C21H19N3O4S2. The molecule has 0 unspecified atom stereocenters. The summed E-state index contributed by atoms with van der Waals surface area (Å²) in [4.78, 5) is 27.4. The zero-order valence-electron chi connectivity index (χ0n) is 16.1. The van der Waals surface area contributed by atoms with Gasteiger partial charge in [0.15, 0.2) is 15.9 Å². The molecule has 1 N–H and O–H groups in total. The molecule has 2 aromatic heterocycles. The Morgan fingerprint density at radius 2 is 2.03 bits per heavy atom. The number of amides is 1. The number of anilines is 1. The van der Waals surface area contributed by atoms with E-state index in [1.807, 2.05) is 18.2 Å². The summed E-state index contributed by atoms with van der Waals surface area (Å²) in [5.41, 5.74) is 0.650. The van der Waals surface area contributed by atoms with E-state index in [1.165, 1.54) is 28.6 Å². The van der Waals surface area contributed by atoms with E-state index in [0.717, 1.165) is 22.9 Å². The van der Waals surface area contributed by atoms with Crippen LogP contribution in [0.15, 0.2) is 68.8 Å². The first-order valence-electron chi connectivity index (χ1n) is 9.48. The van der Waals surface area contributed by atoms with Crippen molar-refractivity contribution < 1.29 is 19.1 Å². The molecule has 0 spiro atoms. The number of furan rings is 1. The van der Waals surface area contributed by atoms with Crippen molar-refractivity contribution in [1.29, 1.82) is 0 Å². The predicted octanol–water partition coefficient (Wildman–Crippen LogP) is 4.81. The lowest BCUT2D eigenvalue weighted by molar-refractivity contribution is -0.117. The molecule has 0 fully saturated rings. The average molecular weight is 442 g/mol. The normalized spacial score (nSPS) is 16.5. The summed E-state index contributed by atoms with van der Waals surface area (Å²) in [6, 6.07) is 11.3. The van der Waals surface area contributed by atoms with Crippen LogP contribution in [0.1, 0.15) is 41.9 Å². The Bertz CT molecular complexity index is 1080. The number of carbonyl (C=O) groups excluding carboxylic acids is 2. The molecule has 0 saturated heterocycles. The van der Waals surface area contributed by atoms with Gasteiger partial charge >= 0.3 is 0 Å². The highest BCUT2D eigenvalue weighted by Crippen LogP contribution is 2.43. The summed E-state index contributed by atoms with van der Waals surface area (Å²) in [6.45, 7) is 2.12. The third-order valence-corrected chi connectivity index (χ3v) is 6.78. The maximum absolute atomic E-state index is 13.1. The number of hydrogen-bond donors (Lipinski definition) is 1. The molecule has 1 aliphatic rings. The number of benzene rings is 1. The number of nitrogens with zero attached hydrogens (tertiary/aromatic N) is 3. The minimum atomic E-state index is -0.822. The van der Waals surface area contributed by atoms with Crippen molar-refractivity contribution in [3.63, 3.8) is 0 Å². The number of carbonyl (C=O) groups is 2. The molecule has 30 heavy (non-hydrogen) atoms. The van der Waals surface area contributed by atoms with Crippen LogP contribution in [0.3, 0.4) is 0 Å². The molecule has 0 saturated carbocycles. The minimum Gasteiger partial charge on any atom is -0.503 e. The molecule has 1 aliphatic heterocycles. The molecule has 1 atom stereocenters. The smallest absolute Gasteiger partial charge is 0.296 e. The summed E-state index contributed by atoms with van der Waals surface area (Å²) in [6.07, 6.45) is 3.51. The van der Waals surface area contributed by atoms with E-state index in [2.05, 4.69) is 17.1 Å². The van der Waals surface area contributed by atoms with Crippen LogP contribution in [-0.2, 0) is 4.79 Å². The summed E-state index contributed by atoms with van der Waals surface area (Å²) in [5, 5.41) is 19.3. The van der Waals surface area contributed by atoms with Crippen LogP contribution in [0.25, 0.3) is 0 Å². The van der Waals surface area contributed by atoms with E-state index in [-0.39, 0.29) is 11.3 Å². The third kappa shape index (κ3) is 3.78. The van der Waals surface area contributed by atoms with Crippen molar-refractivity contribution in [2.75, 3.05) is 10.7 Å². The lowest BCUT2D eigenvalue weighted by atomic mass is 9.95. The van der Waals surface area contributed by atoms with Crippen molar-refractivity contribution >= 4 is 39.9 Å². The van der Waals surface area contributed by atoms with E-state index in [9.17, 15) is 14.7 Å². The fourth-order valence-electron chi connectivity index (χ4n) is 3.19. The zero-order chi connectivity index (χ0) is 21.1. The van der Waals surface area contributed by atoms with Gasteiger partial charge in [-0.05, 0) is 24.1 Å². The molecule has 7 nitrogen and oxygen atoms in total. The van der Waals surface area contributed by atoms with Gasteiger partial charge in [0.1, 0.15) is 0 Å². The summed E-state index contributed by atoms with van der Waals surface area (Å²) in [7, 11) is 0. The Balaban J connectivity index is 1.74. The number of rotatable bonds is 8. The standard InChI is InChI=1S/C21H19N3O4S2/c1-2-3-12-29-21-23-22-20(30-21)24-16(13-8-5-4-6-9-13)15(18(26)19(24)27)17(25)14-10-7-11-28-14/h4-11,16,26H,2-3,12H2,1H3/t16-/m1/s1. The van der Waals surface area contributed by atoms with Crippen LogP contribution in [0.5, 0.6) is 0 Å². The fourth-order valence-corrected chi connectivity index (χ4v) is 5.21. The predicted molar refractivity (Wildman–Crippen MR) is 115 cm³/mol. The van der Waals surface area contributed by atoms with Crippen LogP contribution >= 0.6 is 23.1 Å². The molecule has 3 heterocycles. The average Bonchev–Trinajstić information content (AvgIpc) is 3.50. The van der Waals surface area contributed by atoms with E-state index in [4.69, 9.17) is 4.42 Å². The minimum absolute atomic E-state index is 0.0310. The second kappa shape index (κ2) is 8.85. The van der Waals surface area contributed by atoms with Gasteiger partial charge < -0.3 is 9.52 Å². The Morgan fingerprint density at radius 3 is 2.73 bits per heavy atom. The zero-order valence-corrected chi connectivity index (χ0v) is 17.8. The molecule has 154 valence electrons. The molecule has 1 amide bonds. The second-order valence-corrected chi connectivity index (χ2v) is 8.91. The number of hydrogen-bond acceptors (Lipinski definition) is 8. The molecule has 3 aromatic rings. The van der Waals surface area contributed by atoms with Crippen LogP contribution in [0, 0.1) is 0 Å². The summed E-state index contributed by atoms with van der Waals surface area (Å²) < 4.78 is 5.96. The highest BCUT2D eigenvalue weighted by Gasteiger charge is 2.46. The SMILES string of the molecule is CCCCSc1nnc(N2C(=O)C(O)=C(C(=O)c3ccco3)[C@H]2c2ccccc2)s1. The number of unbranched alkanes of at least 4 members (excludes halogenated alkanes) is 1. The van der Waals surface area contributed by atoms with Gasteiger partial charge in [0.25, 0.3) is 5.91 Å². The van der Waals surface area contributed by atoms with Crippen molar-refractivity contribution in [2.45, 2.75) is 30.1 Å². The molecule has 1 aromatic carbocycles. The highest BCUT2D eigenvalue weighted by atomic mass is 32.2. The Labute approximate surface area is 181 Å². The van der Waals surface area contributed by atoms with Crippen LogP contribution < -0.4 is 4.90 Å². The van der Waals surface area contributed by atoms with Gasteiger partial charge in [-0.3, -0.25) is 14.5 Å². The molecule has 4 rings (SSSR count). The lowest BCUT2D eigenvalue weighted by Gasteiger charge is -2.23. The quantitative estimate of drug-likeness (QED) is 0.232. The number of aliphatic hydroxyl groups is 1. The van der Waals surface area contributed by atoms with Gasteiger partial charge in [-0.1, -0.05) is 66.8 Å². The lowest BCUT2D eigenvalue weighted by Crippen LogP contribution is -2.31. The van der Waals surface area contributed by atoms with Crippen LogP contribution in [0.4, 0.5) is 5.13 Å². The second-order valence-electron chi connectivity index (χ2n) is 6.61. The molecular weight excluding hydrogens is 422 g/mol. The topological polar surface area (TPSA) is 96.5 Å². The Morgan fingerprint density at radius 1 is 1.23 bits per heavy atom. The maximum atomic E-state index is 13.1. The first-order valence-corrected chi connectivity index (χ1v) is 11.3. The molecule has 9 heteroatoms. The number of Topliss-reactive ketones (excluding diaryl/α,β-unsaturated/α-hetero) is 1. The van der Waals surface area contributed by atoms with E-state index >= 15 is 0 Å². The first-order chi connectivity index (χ1) is 14.6. The third-order valence-electron chi connectivity index (χ3n) is 4.64. The maximum Gasteiger partial charge on any atom is 0.296 e. The number of ketones is 1. The largest absolute Gasteiger partial charge is 0.503 e. The number of aromatic nitrogens is 2. The molecule has 0 bridgehead atoms. The number of aliphatic hydroxyl groups excluding tert-OH is 1. The molecule has 0 aliphatic carbocycles. The van der Waals surface area contributed by atoms with Gasteiger partial charge in [0, 0.05) is 5.75 Å². The van der Waals surface area contributed by atoms with Crippen molar-refractivity contribution in [1.82, 2.24) is 10.2 Å². The van der Waals surface area contributed by atoms with Gasteiger partial charge in [-0.2, -0.15) is 0 Å².